The predicted molar refractivity (Wildman–Crippen MR) is 68.8 cm³/mol. The molecule has 0 aliphatic carbocycles. The SMILES string of the molecule is C=C(C)C(=O)OC(CC)S(=O)(=O)O.C=CP(=O)(O)O. The minimum atomic E-state index is -4.33. The maximum absolute atomic E-state index is 10.9. The molecule has 0 aliphatic heterocycles. The average molecular weight is 316 g/mol. The third kappa shape index (κ3) is 11.8. The average Bonchev–Trinajstić information content (AvgIpc) is 2.23. The molecule has 8 nitrogen and oxygen atoms in total. The van der Waals surface area contributed by atoms with Gasteiger partial charge >= 0.3 is 23.7 Å². The molecule has 0 rings (SSSR count). The number of carbonyl (C=O) groups excluding carboxylic acids is 1. The highest BCUT2D eigenvalue weighted by Crippen LogP contribution is 2.34. The zero-order valence-electron chi connectivity index (χ0n) is 10.5. The van der Waals surface area contributed by atoms with Crippen molar-refractivity contribution in [2.24, 2.45) is 0 Å². The van der Waals surface area contributed by atoms with E-state index in [-0.39, 0.29) is 12.0 Å². The normalized spacial score (nSPS) is 12.7. The Morgan fingerprint density at radius 3 is 2.00 bits per heavy atom. The molecule has 0 saturated carbocycles. The van der Waals surface area contributed by atoms with E-state index >= 15 is 0 Å². The van der Waals surface area contributed by atoms with Gasteiger partial charge in [-0.2, -0.15) is 8.42 Å². The first kappa shape index (κ1) is 20.3. The molecule has 0 aliphatic rings. The van der Waals surface area contributed by atoms with Gasteiger partial charge in [-0.3, -0.25) is 9.12 Å². The summed E-state index contributed by atoms with van der Waals surface area (Å²) in [7, 11) is -8.21. The van der Waals surface area contributed by atoms with Gasteiger partial charge in [0.15, 0.2) is 0 Å². The molecule has 0 saturated heterocycles. The Kier molecular flexibility index (Phi) is 8.81. The molecule has 3 N–H and O–H groups in total. The highest BCUT2D eigenvalue weighted by molar-refractivity contribution is 7.86. The molecule has 112 valence electrons. The van der Waals surface area contributed by atoms with Crippen LogP contribution in [0.3, 0.4) is 0 Å². The fourth-order valence-electron chi connectivity index (χ4n) is 0.575. The second-order valence-electron chi connectivity index (χ2n) is 3.31. The molecule has 0 bridgehead atoms. The lowest BCUT2D eigenvalue weighted by atomic mass is 10.4. The van der Waals surface area contributed by atoms with Gasteiger partial charge in [-0.15, -0.1) is 0 Å². The van der Waals surface area contributed by atoms with E-state index in [0.29, 0.717) is 5.82 Å². The number of ether oxygens (including phenoxy) is 1. The summed E-state index contributed by atoms with van der Waals surface area (Å²) in [5, 5.41) is 0. The predicted octanol–water partition coefficient (Wildman–Crippen LogP) is 1.04. The molecule has 1 atom stereocenters. The molecule has 0 aromatic carbocycles. The summed E-state index contributed by atoms with van der Waals surface area (Å²) in [6.07, 6.45) is -0.00213. The Balaban J connectivity index is 0. The molecular weight excluding hydrogens is 299 g/mol. The smallest absolute Gasteiger partial charge is 0.348 e. The molecule has 0 amide bonds. The fourth-order valence-corrected chi connectivity index (χ4v) is 1.20. The Morgan fingerprint density at radius 2 is 1.84 bits per heavy atom. The van der Waals surface area contributed by atoms with E-state index in [1.54, 1.807) is 0 Å². The second-order valence-corrected chi connectivity index (χ2v) is 6.41. The van der Waals surface area contributed by atoms with Crippen LogP contribution in [0.4, 0.5) is 0 Å². The van der Waals surface area contributed by atoms with Crippen LogP contribution in [0.2, 0.25) is 0 Å². The summed E-state index contributed by atoms with van der Waals surface area (Å²) in [5.74, 6) is -0.225. The summed E-state index contributed by atoms with van der Waals surface area (Å²) in [6, 6.07) is 0. The number of hydrogen-bond donors (Lipinski definition) is 3. The summed E-state index contributed by atoms with van der Waals surface area (Å²) < 4.78 is 43.7. The molecule has 0 fully saturated rings. The van der Waals surface area contributed by atoms with Crippen LogP contribution < -0.4 is 0 Å². The van der Waals surface area contributed by atoms with Crippen LogP contribution in [-0.4, -0.2) is 34.2 Å². The molecule has 10 heteroatoms. The molecule has 0 spiro atoms. The topological polar surface area (TPSA) is 138 Å². The second kappa shape index (κ2) is 8.23. The molecular formula is C9H17O8PS. The standard InChI is InChI=1S/C7H12O5S.C2H5O3P/c1-4-6(13(9,10)11)12-7(8)5(2)3;1-2-6(3,4)5/h6H,2,4H2,1,3H3,(H,9,10,11);2H,1H2,(H2,3,4,5). The number of carbonyl (C=O) groups is 1. The maximum Gasteiger partial charge on any atom is 0.348 e. The van der Waals surface area contributed by atoms with Gasteiger partial charge < -0.3 is 14.5 Å². The molecule has 19 heavy (non-hydrogen) atoms. The minimum Gasteiger partial charge on any atom is -0.440 e. The monoisotopic (exact) mass is 316 g/mol. The summed E-state index contributed by atoms with van der Waals surface area (Å²) in [5.41, 5.74) is -1.42. The third-order valence-electron chi connectivity index (χ3n) is 1.49. The van der Waals surface area contributed by atoms with Gasteiger partial charge in [0.25, 0.3) is 0 Å². The highest BCUT2D eigenvalue weighted by atomic mass is 32.2. The zero-order chi connectivity index (χ0) is 15.9. The number of hydrogen-bond acceptors (Lipinski definition) is 5. The van der Waals surface area contributed by atoms with Crippen molar-refractivity contribution in [1.82, 2.24) is 0 Å². The van der Waals surface area contributed by atoms with Gasteiger partial charge in [-0.25, -0.2) is 4.79 Å². The first-order valence-electron chi connectivity index (χ1n) is 4.86. The largest absolute Gasteiger partial charge is 0.440 e. The van der Waals surface area contributed by atoms with Gasteiger partial charge in [0.1, 0.15) is 0 Å². The van der Waals surface area contributed by atoms with Gasteiger partial charge in [-0.05, 0) is 13.3 Å². The zero-order valence-corrected chi connectivity index (χ0v) is 12.2. The first-order valence-corrected chi connectivity index (χ1v) is 8.05. The van der Waals surface area contributed by atoms with Crippen molar-refractivity contribution in [3.63, 3.8) is 0 Å². The van der Waals surface area contributed by atoms with E-state index in [1.807, 2.05) is 0 Å². The van der Waals surface area contributed by atoms with Gasteiger partial charge in [-0.1, -0.05) is 20.1 Å². The number of rotatable bonds is 5. The lowest BCUT2D eigenvalue weighted by Gasteiger charge is -2.12. The van der Waals surface area contributed by atoms with Crippen LogP contribution in [0, 0.1) is 0 Å². The quantitative estimate of drug-likeness (QED) is 0.296. The van der Waals surface area contributed by atoms with E-state index in [1.165, 1.54) is 13.8 Å². The fraction of sp³-hybridized carbons (Fsp3) is 0.444. The van der Waals surface area contributed by atoms with Gasteiger partial charge in [0, 0.05) is 11.4 Å². The van der Waals surface area contributed by atoms with Gasteiger partial charge in [0.05, 0.1) is 0 Å². The summed E-state index contributed by atoms with van der Waals surface area (Å²) >= 11 is 0. The van der Waals surface area contributed by atoms with Crippen molar-refractivity contribution < 1.29 is 36.9 Å². The highest BCUT2D eigenvalue weighted by Gasteiger charge is 2.25. The molecule has 0 aromatic rings. The lowest BCUT2D eigenvalue weighted by molar-refractivity contribution is -0.141. The Labute approximate surface area is 111 Å². The summed E-state index contributed by atoms with van der Waals surface area (Å²) in [4.78, 5) is 26.5. The Hall–Kier alpha value is -0.990. The van der Waals surface area contributed by atoms with Crippen molar-refractivity contribution >= 4 is 23.7 Å². The summed E-state index contributed by atoms with van der Waals surface area (Å²) in [6.45, 7) is 9.01. The molecule has 1 unspecified atom stereocenters. The first-order chi connectivity index (χ1) is 8.35. The Morgan fingerprint density at radius 1 is 1.47 bits per heavy atom. The van der Waals surface area contributed by atoms with Crippen molar-refractivity contribution in [1.29, 1.82) is 0 Å². The van der Waals surface area contributed by atoms with Gasteiger partial charge in [0.2, 0.25) is 5.44 Å². The minimum absolute atomic E-state index is 0.00213. The van der Waals surface area contributed by atoms with Crippen LogP contribution in [0.1, 0.15) is 20.3 Å². The van der Waals surface area contributed by atoms with Crippen molar-refractivity contribution in [3.05, 3.63) is 24.5 Å². The van der Waals surface area contributed by atoms with E-state index < -0.39 is 29.1 Å². The van der Waals surface area contributed by atoms with E-state index in [2.05, 4.69) is 17.9 Å². The van der Waals surface area contributed by atoms with Crippen LogP contribution in [0.5, 0.6) is 0 Å². The van der Waals surface area contributed by atoms with Crippen LogP contribution in [0.15, 0.2) is 24.5 Å². The maximum atomic E-state index is 10.9. The van der Waals surface area contributed by atoms with Crippen LogP contribution in [-0.2, 0) is 24.2 Å². The van der Waals surface area contributed by atoms with Crippen LogP contribution in [0.25, 0.3) is 0 Å². The van der Waals surface area contributed by atoms with Crippen LogP contribution >= 0.6 is 7.60 Å². The third-order valence-corrected chi connectivity index (χ3v) is 3.06. The van der Waals surface area contributed by atoms with E-state index in [4.69, 9.17) is 14.3 Å². The lowest BCUT2D eigenvalue weighted by Crippen LogP contribution is -2.26. The molecule has 0 aromatic heterocycles. The van der Waals surface area contributed by atoms with E-state index in [0.717, 1.165) is 0 Å². The van der Waals surface area contributed by atoms with Crippen molar-refractivity contribution in [2.45, 2.75) is 25.7 Å². The number of esters is 1. The van der Waals surface area contributed by atoms with Crippen molar-refractivity contribution in [3.8, 4) is 0 Å². The Bertz CT molecular complexity index is 474. The molecule has 0 heterocycles. The van der Waals surface area contributed by atoms with Crippen molar-refractivity contribution in [2.75, 3.05) is 0 Å². The molecule has 0 radical (unpaired) electrons. The van der Waals surface area contributed by atoms with E-state index in [9.17, 15) is 17.8 Å².